The highest BCUT2D eigenvalue weighted by atomic mass is 16.5. The number of carbonyl (C=O) groups excluding carboxylic acids is 1. The van der Waals surface area contributed by atoms with E-state index in [0.29, 0.717) is 23.6 Å². The lowest BCUT2D eigenvalue weighted by atomic mass is 10.0. The maximum Gasteiger partial charge on any atom is 0.289 e. The molecule has 1 aromatic heterocycles. The number of para-hydroxylation sites is 1. The Hall–Kier alpha value is -4.91. The highest BCUT2D eigenvalue weighted by molar-refractivity contribution is 6.03. The van der Waals surface area contributed by atoms with Crippen LogP contribution in [-0.2, 0) is 6.61 Å². The highest BCUT2D eigenvalue weighted by Crippen LogP contribution is 2.29. The van der Waals surface area contributed by atoms with Gasteiger partial charge in [0.2, 0.25) is 0 Å². The maximum absolute atomic E-state index is 12.7. The fourth-order valence-electron chi connectivity index (χ4n) is 3.86. The van der Waals surface area contributed by atoms with E-state index in [1.807, 2.05) is 85.8 Å². The van der Waals surface area contributed by atoms with Crippen molar-refractivity contribution in [3.05, 3.63) is 113 Å². The average Bonchev–Trinajstić information content (AvgIpc) is 3.40. The zero-order valence-corrected chi connectivity index (χ0v) is 19.6. The molecule has 0 aliphatic heterocycles. The molecule has 36 heavy (non-hydrogen) atoms. The monoisotopic (exact) mass is 476 g/mol. The van der Waals surface area contributed by atoms with Gasteiger partial charge in [0.25, 0.3) is 5.91 Å². The first kappa shape index (κ1) is 22.9. The van der Waals surface area contributed by atoms with E-state index in [4.69, 9.17) is 4.74 Å². The normalized spacial score (nSPS) is 11.1. The quantitative estimate of drug-likeness (QED) is 0.211. The van der Waals surface area contributed by atoms with E-state index >= 15 is 0 Å². The van der Waals surface area contributed by atoms with Crippen molar-refractivity contribution < 1.29 is 14.6 Å². The molecule has 1 heterocycles. The summed E-state index contributed by atoms with van der Waals surface area (Å²) in [5.74, 6) is 0.293. The van der Waals surface area contributed by atoms with E-state index in [9.17, 15) is 9.90 Å². The minimum absolute atomic E-state index is 0.0813. The molecule has 0 atom stereocenters. The lowest BCUT2D eigenvalue weighted by Gasteiger charge is -2.10. The van der Waals surface area contributed by atoms with Gasteiger partial charge in [0.15, 0.2) is 0 Å². The number of rotatable bonds is 7. The van der Waals surface area contributed by atoms with Crippen molar-refractivity contribution in [1.29, 1.82) is 0 Å². The lowest BCUT2D eigenvalue weighted by Crippen LogP contribution is -2.18. The number of phenolic OH excluding ortho intramolecular Hbond substituents is 1. The van der Waals surface area contributed by atoms with Gasteiger partial charge in [-0.15, -0.1) is 0 Å². The van der Waals surface area contributed by atoms with Crippen LogP contribution in [0.2, 0.25) is 0 Å². The molecule has 4 aromatic carbocycles. The van der Waals surface area contributed by atoms with Crippen LogP contribution in [0.5, 0.6) is 11.5 Å². The summed E-state index contributed by atoms with van der Waals surface area (Å²) >= 11 is 0. The summed E-state index contributed by atoms with van der Waals surface area (Å²) in [5.41, 5.74) is 6.86. The SMILES string of the molecule is Cc1ccc(COc2ccccc2-c2cc(C(=O)N/N=C\c3c(O)ccc4ccccc34)[nH]n2)cc1. The van der Waals surface area contributed by atoms with Crippen LogP contribution < -0.4 is 10.2 Å². The Bertz CT molecular complexity index is 1550. The molecule has 0 saturated carbocycles. The number of H-pyrrole nitrogens is 1. The number of nitrogens with zero attached hydrogens (tertiary/aromatic N) is 2. The van der Waals surface area contributed by atoms with Crippen molar-refractivity contribution in [3.63, 3.8) is 0 Å². The van der Waals surface area contributed by atoms with E-state index in [1.54, 1.807) is 12.1 Å². The molecule has 0 radical (unpaired) electrons. The number of hydrogen-bond acceptors (Lipinski definition) is 5. The number of benzene rings is 4. The summed E-state index contributed by atoms with van der Waals surface area (Å²) in [7, 11) is 0. The molecule has 0 aliphatic carbocycles. The fraction of sp³-hybridized carbons (Fsp3) is 0.0690. The highest BCUT2D eigenvalue weighted by Gasteiger charge is 2.14. The predicted molar refractivity (Wildman–Crippen MR) is 140 cm³/mol. The first-order valence-electron chi connectivity index (χ1n) is 11.5. The van der Waals surface area contributed by atoms with E-state index in [1.165, 1.54) is 11.8 Å². The Morgan fingerprint density at radius 1 is 1.03 bits per heavy atom. The zero-order chi connectivity index (χ0) is 24.9. The third-order valence-corrected chi connectivity index (χ3v) is 5.81. The Balaban J connectivity index is 1.29. The van der Waals surface area contributed by atoms with E-state index in [2.05, 4.69) is 20.7 Å². The number of amides is 1. The van der Waals surface area contributed by atoms with Gasteiger partial charge in [0, 0.05) is 11.1 Å². The van der Waals surface area contributed by atoms with Crippen LogP contribution in [0.4, 0.5) is 0 Å². The van der Waals surface area contributed by atoms with Crippen LogP contribution in [0.1, 0.15) is 27.2 Å². The maximum atomic E-state index is 12.7. The molecule has 178 valence electrons. The van der Waals surface area contributed by atoms with E-state index in [-0.39, 0.29) is 11.4 Å². The number of aryl methyl sites for hydroxylation is 1. The second-order valence-corrected chi connectivity index (χ2v) is 8.36. The van der Waals surface area contributed by atoms with Crippen molar-refractivity contribution in [2.24, 2.45) is 5.10 Å². The van der Waals surface area contributed by atoms with Crippen LogP contribution in [-0.4, -0.2) is 27.4 Å². The van der Waals surface area contributed by atoms with Gasteiger partial charge in [0.05, 0.1) is 11.9 Å². The van der Waals surface area contributed by atoms with E-state index < -0.39 is 5.91 Å². The smallest absolute Gasteiger partial charge is 0.289 e. The molecule has 0 bridgehead atoms. The summed E-state index contributed by atoms with van der Waals surface area (Å²) in [5, 5.41) is 23.1. The second kappa shape index (κ2) is 10.1. The summed E-state index contributed by atoms with van der Waals surface area (Å²) in [6.45, 7) is 2.47. The van der Waals surface area contributed by atoms with Gasteiger partial charge in [-0.25, -0.2) is 5.43 Å². The Morgan fingerprint density at radius 3 is 2.67 bits per heavy atom. The van der Waals surface area contributed by atoms with Crippen molar-refractivity contribution in [3.8, 4) is 22.8 Å². The number of nitrogens with one attached hydrogen (secondary N) is 2. The molecule has 1 amide bonds. The molecule has 0 fully saturated rings. The molecule has 0 unspecified atom stereocenters. The molecular weight excluding hydrogens is 452 g/mol. The van der Waals surface area contributed by atoms with Gasteiger partial charge in [-0.3, -0.25) is 9.89 Å². The molecule has 0 aliphatic rings. The van der Waals surface area contributed by atoms with Gasteiger partial charge < -0.3 is 9.84 Å². The molecule has 5 rings (SSSR count). The number of aromatic hydroxyl groups is 1. The Labute approximate surface area is 208 Å². The lowest BCUT2D eigenvalue weighted by molar-refractivity contribution is 0.0950. The first-order valence-corrected chi connectivity index (χ1v) is 11.5. The topological polar surface area (TPSA) is 99.6 Å². The van der Waals surface area contributed by atoms with Crippen molar-refractivity contribution >= 4 is 22.9 Å². The number of hydrogen-bond donors (Lipinski definition) is 3. The largest absolute Gasteiger partial charge is 0.507 e. The van der Waals surface area contributed by atoms with Crippen LogP contribution in [0.25, 0.3) is 22.0 Å². The molecule has 0 saturated heterocycles. The standard InChI is InChI=1S/C29H24N4O3/c1-19-10-12-20(13-11-19)18-36-28-9-5-4-8-23(28)25-16-26(32-31-25)29(35)33-30-17-24-22-7-3-2-6-21(22)14-15-27(24)34/h2-17,34H,18H2,1H3,(H,31,32)(H,33,35)/b30-17-. The minimum Gasteiger partial charge on any atom is -0.507 e. The minimum atomic E-state index is -0.456. The summed E-state index contributed by atoms with van der Waals surface area (Å²) in [6, 6.07) is 28.4. The summed E-state index contributed by atoms with van der Waals surface area (Å²) < 4.78 is 6.05. The molecule has 0 spiro atoms. The number of ether oxygens (including phenoxy) is 1. The number of fused-ring (bicyclic) bond motifs is 1. The van der Waals surface area contributed by atoms with E-state index in [0.717, 1.165) is 21.9 Å². The average molecular weight is 477 g/mol. The van der Waals surface area contributed by atoms with Crippen LogP contribution in [0, 0.1) is 6.92 Å². The van der Waals surface area contributed by atoms with Crippen molar-refractivity contribution in [1.82, 2.24) is 15.6 Å². The third kappa shape index (κ3) is 4.95. The molecule has 5 aromatic rings. The van der Waals surface area contributed by atoms with Gasteiger partial charge in [0.1, 0.15) is 23.8 Å². The van der Waals surface area contributed by atoms with Gasteiger partial charge >= 0.3 is 0 Å². The third-order valence-electron chi connectivity index (χ3n) is 5.81. The number of aromatic nitrogens is 2. The fourth-order valence-corrected chi connectivity index (χ4v) is 3.86. The zero-order valence-electron chi connectivity index (χ0n) is 19.6. The van der Waals surface area contributed by atoms with Gasteiger partial charge in [-0.1, -0.05) is 72.3 Å². The van der Waals surface area contributed by atoms with Crippen molar-refractivity contribution in [2.75, 3.05) is 0 Å². The summed E-state index contributed by atoms with van der Waals surface area (Å²) in [4.78, 5) is 12.7. The van der Waals surface area contributed by atoms with Crippen LogP contribution in [0.15, 0.2) is 96.1 Å². The molecule has 7 heteroatoms. The van der Waals surface area contributed by atoms with Crippen LogP contribution in [0.3, 0.4) is 0 Å². The first-order chi connectivity index (χ1) is 17.6. The number of hydrazone groups is 1. The van der Waals surface area contributed by atoms with Crippen LogP contribution >= 0.6 is 0 Å². The van der Waals surface area contributed by atoms with Gasteiger partial charge in [-0.05, 0) is 47.5 Å². The number of aromatic amines is 1. The van der Waals surface area contributed by atoms with Crippen molar-refractivity contribution in [2.45, 2.75) is 13.5 Å². The Kier molecular flexibility index (Phi) is 6.44. The summed E-state index contributed by atoms with van der Waals surface area (Å²) in [6.07, 6.45) is 1.43. The molecular formula is C29H24N4O3. The number of carbonyl (C=O) groups is 1. The predicted octanol–water partition coefficient (Wildman–Crippen LogP) is 5.59. The molecule has 3 N–H and O–H groups in total. The Morgan fingerprint density at radius 2 is 1.81 bits per heavy atom. The molecule has 7 nitrogen and oxygen atoms in total. The second-order valence-electron chi connectivity index (χ2n) is 8.36. The number of phenols is 1. The van der Waals surface area contributed by atoms with Gasteiger partial charge in [-0.2, -0.15) is 10.2 Å².